The number of hydrogen-bond acceptors (Lipinski definition) is 5. The van der Waals surface area contributed by atoms with E-state index in [9.17, 15) is 0 Å². The molecule has 112 valence electrons. The summed E-state index contributed by atoms with van der Waals surface area (Å²) in [5.41, 5.74) is 6.60. The molecule has 1 aromatic carbocycles. The van der Waals surface area contributed by atoms with E-state index in [4.69, 9.17) is 4.42 Å². The summed E-state index contributed by atoms with van der Waals surface area (Å²) in [7, 11) is 0. The SMILES string of the molecule is C[C@@H]1CCC/C(=N\Nc2ncnc3c2oc2ccccc23)C1. The molecular weight excluding hydrogens is 276 g/mol. The number of rotatable bonds is 2. The molecule has 22 heavy (non-hydrogen) atoms. The summed E-state index contributed by atoms with van der Waals surface area (Å²) in [6.07, 6.45) is 6.18. The normalized spacial score (nSPS) is 20.8. The van der Waals surface area contributed by atoms with Crippen molar-refractivity contribution in [1.29, 1.82) is 0 Å². The van der Waals surface area contributed by atoms with Gasteiger partial charge in [-0.05, 0) is 43.7 Å². The van der Waals surface area contributed by atoms with E-state index >= 15 is 0 Å². The van der Waals surface area contributed by atoms with Gasteiger partial charge < -0.3 is 4.42 Å². The predicted octanol–water partition coefficient (Wildman–Crippen LogP) is 4.35. The van der Waals surface area contributed by atoms with Crippen LogP contribution in [0.2, 0.25) is 0 Å². The van der Waals surface area contributed by atoms with Crippen molar-refractivity contribution in [1.82, 2.24) is 9.97 Å². The molecule has 0 aliphatic heterocycles. The van der Waals surface area contributed by atoms with E-state index in [1.165, 1.54) is 18.6 Å². The first kappa shape index (κ1) is 13.2. The minimum atomic E-state index is 0.631. The number of furan rings is 1. The molecule has 4 rings (SSSR count). The van der Waals surface area contributed by atoms with Gasteiger partial charge in [0.1, 0.15) is 17.4 Å². The van der Waals surface area contributed by atoms with Gasteiger partial charge in [-0.3, -0.25) is 5.43 Å². The van der Waals surface area contributed by atoms with Crippen molar-refractivity contribution in [3.8, 4) is 0 Å². The Kier molecular flexibility index (Phi) is 3.25. The second kappa shape index (κ2) is 5.40. The lowest BCUT2D eigenvalue weighted by Crippen LogP contribution is -2.14. The standard InChI is InChI=1S/C17H18N4O/c1-11-5-4-6-12(9-11)20-21-17-16-15(18-10-19-17)13-7-2-3-8-14(13)22-16/h2-3,7-8,10-11H,4-6,9H2,1H3,(H,18,19,21)/b20-12+/t11-/m1/s1. The van der Waals surface area contributed by atoms with E-state index in [1.807, 2.05) is 24.3 Å². The number of nitrogens with one attached hydrogen (secondary N) is 1. The van der Waals surface area contributed by atoms with Crippen LogP contribution in [0.3, 0.4) is 0 Å². The van der Waals surface area contributed by atoms with Crippen molar-refractivity contribution in [2.75, 3.05) is 5.43 Å². The minimum absolute atomic E-state index is 0.631. The zero-order valence-corrected chi connectivity index (χ0v) is 12.5. The van der Waals surface area contributed by atoms with E-state index in [0.717, 1.165) is 29.3 Å². The summed E-state index contributed by atoms with van der Waals surface area (Å²) >= 11 is 0. The maximum Gasteiger partial charge on any atom is 0.197 e. The van der Waals surface area contributed by atoms with E-state index in [1.54, 1.807) is 6.33 Å². The highest BCUT2D eigenvalue weighted by molar-refractivity contribution is 6.05. The Bertz CT molecular complexity index is 852. The van der Waals surface area contributed by atoms with Crippen LogP contribution in [0.5, 0.6) is 0 Å². The first-order chi connectivity index (χ1) is 10.8. The van der Waals surface area contributed by atoms with E-state index in [-0.39, 0.29) is 0 Å². The fourth-order valence-corrected chi connectivity index (χ4v) is 3.10. The van der Waals surface area contributed by atoms with E-state index in [2.05, 4.69) is 27.4 Å². The van der Waals surface area contributed by atoms with Crippen molar-refractivity contribution in [2.45, 2.75) is 32.6 Å². The highest BCUT2D eigenvalue weighted by atomic mass is 16.3. The first-order valence-corrected chi connectivity index (χ1v) is 7.75. The topological polar surface area (TPSA) is 63.3 Å². The molecule has 0 bridgehead atoms. The lowest BCUT2D eigenvalue weighted by atomic mass is 9.89. The lowest BCUT2D eigenvalue weighted by Gasteiger charge is -2.18. The van der Waals surface area contributed by atoms with Crippen molar-refractivity contribution < 1.29 is 4.42 Å². The Morgan fingerprint density at radius 2 is 2.18 bits per heavy atom. The minimum Gasteiger partial charge on any atom is -0.450 e. The summed E-state index contributed by atoms with van der Waals surface area (Å²) in [4.78, 5) is 8.63. The van der Waals surface area contributed by atoms with Gasteiger partial charge in [-0.2, -0.15) is 5.10 Å². The molecule has 0 spiro atoms. The average molecular weight is 294 g/mol. The molecule has 1 saturated carbocycles. The monoisotopic (exact) mass is 294 g/mol. The molecular formula is C17H18N4O. The van der Waals surface area contributed by atoms with Crippen LogP contribution in [0.1, 0.15) is 32.6 Å². The van der Waals surface area contributed by atoms with E-state index in [0.29, 0.717) is 17.3 Å². The third kappa shape index (κ3) is 2.32. The van der Waals surface area contributed by atoms with Gasteiger partial charge >= 0.3 is 0 Å². The molecule has 0 saturated heterocycles. The predicted molar refractivity (Wildman–Crippen MR) is 88.0 cm³/mol. The Labute approximate surface area is 128 Å². The van der Waals surface area contributed by atoms with Crippen LogP contribution in [0.15, 0.2) is 40.1 Å². The Morgan fingerprint density at radius 1 is 1.27 bits per heavy atom. The third-order valence-corrected chi connectivity index (χ3v) is 4.22. The molecule has 5 nitrogen and oxygen atoms in total. The number of anilines is 1. The van der Waals surface area contributed by atoms with Gasteiger partial charge in [0, 0.05) is 11.1 Å². The number of hydrogen-bond donors (Lipinski definition) is 1. The van der Waals surface area contributed by atoms with E-state index < -0.39 is 0 Å². The maximum atomic E-state index is 5.89. The zero-order chi connectivity index (χ0) is 14.9. The Hall–Kier alpha value is -2.43. The summed E-state index contributed by atoms with van der Waals surface area (Å²) < 4.78 is 5.89. The number of para-hydroxylation sites is 1. The molecule has 5 heteroatoms. The van der Waals surface area contributed by atoms with Gasteiger partial charge in [-0.1, -0.05) is 19.1 Å². The van der Waals surface area contributed by atoms with Crippen molar-refractivity contribution in [2.24, 2.45) is 11.0 Å². The molecule has 2 heterocycles. The van der Waals surface area contributed by atoms with Crippen LogP contribution in [0.4, 0.5) is 5.82 Å². The highest BCUT2D eigenvalue weighted by Crippen LogP contribution is 2.30. The van der Waals surface area contributed by atoms with Gasteiger partial charge in [0.05, 0.1) is 0 Å². The smallest absolute Gasteiger partial charge is 0.197 e. The van der Waals surface area contributed by atoms with Gasteiger partial charge in [0.15, 0.2) is 11.4 Å². The average Bonchev–Trinajstić information content (AvgIpc) is 2.92. The molecule has 1 atom stereocenters. The second-order valence-electron chi connectivity index (χ2n) is 5.99. The second-order valence-corrected chi connectivity index (χ2v) is 5.99. The van der Waals surface area contributed by atoms with Crippen LogP contribution in [0.25, 0.3) is 22.1 Å². The molecule has 1 aliphatic rings. The molecule has 0 radical (unpaired) electrons. The number of hydrazone groups is 1. The number of fused-ring (bicyclic) bond motifs is 3. The molecule has 1 N–H and O–H groups in total. The van der Waals surface area contributed by atoms with Gasteiger partial charge in [-0.15, -0.1) is 0 Å². The molecule has 0 unspecified atom stereocenters. The quantitative estimate of drug-likeness (QED) is 0.713. The molecule has 3 aromatic rings. The lowest BCUT2D eigenvalue weighted by molar-refractivity contribution is 0.500. The summed E-state index contributed by atoms with van der Waals surface area (Å²) in [5, 5.41) is 5.54. The van der Waals surface area contributed by atoms with Crippen LogP contribution in [-0.4, -0.2) is 15.7 Å². The molecule has 2 aromatic heterocycles. The number of benzene rings is 1. The van der Waals surface area contributed by atoms with Gasteiger partial charge in [0.25, 0.3) is 0 Å². The van der Waals surface area contributed by atoms with Gasteiger partial charge in [0.2, 0.25) is 0 Å². The fraction of sp³-hybridized carbons (Fsp3) is 0.353. The Morgan fingerprint density at radius 3 is 3.09 bits per heavy atom. The highest BCUT2D eigenvalue weighted by Gasteiger charge is 2.15. The molecule has 0 amide bonds. The van der Waals surface area contributed by atoms with Crippen LogP contribution < -0.4 is 5.43 Å². The van der Waals surface area contributed by atoms with Crippen LogP contribution in [0, 0.1) is 5.92 Å². The number of aromatic nitrogens is 2. The first-order valence-electron chi connectivity index (χ1n) is 7.75. The largest absolute Gasteiger partial charge is 0.450 e. The summed E-state index contributed by atoms with van der Waals surface area (Å²) in [6.45, 7) is 2.27. The van der Waals surface area contributed by atoms with Crippen LogP contribution >= 0.6 is 0 Å². The maximum absolute atomic E-state index is 5.89. The summed E-state index contributed by atoms with van der Waals surface area (Å²) in [5.74, 6) is 1.35. The number of nitrogens with zero attached hydrogens (tertiary/aromatic N) is 3. The summed E-state index contributed by atoms with van der Waals surface area (Å²) in [6, 6.07) is 7.88. The Balaban J connectivity index is 1.71. The fourth-order valence-electron chi connectivity index (χ4n) is 3.10. The van der Waals surface area contributed by atoms with Crippen molar-refractivity contribution >= 4 is 33.6 Å². The van der Waals surface area contributed by atoms with Crippen molar-refractivity contribution in [3.05, 3.63) is 30.6 Å². The van der Waals surface area contributed by atoms with Crippen LogP contribution in [-0.2, 0) is 0 Å². The molecule has 1 fully saturated rings. The van der Waals surface area contributed by atoms with Crippen molar-refractivity contribution in [3.63, 3.8) is 0 Å². The molecule has 1 aliphatic carbocycles. The zero-order valence-electron chi connectivity index (χ0n) is 12.5. The third-order valence-electron chi connectivity index (χ3n) is 4.22. The van der Waals surface area contributed by atoms with Gasteiger partial charge in [-0.25, -0.2) is 9.97 Å².